The van der Waals surface area contributed by atoms with Gasteiger partial charge in [0.1, 0.15) is 11.6 Å². The topological polar surface area (TPSA) is 79.3 Å². The van der Waals surface area contributed by atoms with Crippen LogP contribution in [0.2, 0.25) is 5.02 Å². The van der Waals surface area contributed by atoms with E-state index in [4.69, 9.17) is 16.3 Å². The Morgan fingerprint density at radius 3 is 2.43 bits per heavy atom. The maximum Gasteiger partial charge on any atom is 0.229 e. The van der Waals surface area contributed by atoms with E-state index in [1.807, 2.05) is 18.2 Å². The average molecular weight is 398 g/mol. The highest BCUT2D eigenvalue weighted by molar-refractivity contribution is 6.32. The molecule has 0 saturated carbocycles. The quantitative estimate of drug-likeness (QED) is 0.703. The summed E-state index contributed by atoms with van der Waals surface area (Å²) in [6, 6.07) is 9.21. The largest absolute Gasteiger partial charge is 0.495 e. The van der Waals surface area contributed by atoms with Crippen LogP contribution in [-0.4, -0.2) is 53.2 Å². The fraction of sp³-hybridized carbons (Fsp3) is 0.263. The van der Waals surface area contributed by atoms with Crippen molar-refractivity contribution in [2.24, 2.45) is 0 Å². The number of halogens is 1. The van der Waals surface area contributed by atoms with Gasteiger partial charge in [0.15, 0.2) is 0 Å². The summed E-state index contributed by atoms with van der Waals surface area (Å²) < 4.78 is 5.18. The number of piperazine rings is 1. The van der Waals surface area contributed by atoms with Crippen molar-refractivity contribution in [2.75, 3.05) is 48.4 Å². The zero-order valence-corrected chi connectivity index (χ0v) is 16.2. The van der Waals surface area contributed by atoms with Gasteiger partial charge in [-0.25, -0.2) is 15.0 Å². The van der Waals surface area contributed by atoms with Gasteiger partial charge in [-0.1, -0.05) is 11.6 Å². The average Bonchev–Trinajstić information content (AvgIpc) is 2.75. The molecular formula is C19H20ClN7O. The Kier molecular flexibility index (Phi) is 5.38. The standard InChI is InChI=1S/C19H20ClN7O/c1-28-16-4-3-14(13-15(16)20)24-18-21-8-5-17(25-18)26-9-11-27(12-10-26)19-22-6-2-7-23-19/h2-8,13H,9-12H2,1H3,(H,21,24,25). The van der Waals surface area contributed by atoms with E-state index in [-0.39, 0.29) is 0 Å². The number of aromatic nitrogens is 4. The molecule has 0 spiro atoms. The Morgan fingerprint density at radius 2 is 1.71 bits per heavy atom. The first-order valence-corrected chi connectivity index (χ1v) is 9.31. The lowest BCUT2D eigenvalue weighted by Gasteiger charge is -2.35. The normalized spacial score (nSPS) is 14.1. The van der Waals surface area contributed by atoms with Gasteiger partial charge < -0.3 is 19.9 Å². The molecule has 9 heteroatoms. The summed E-state index contributed by atoms with van der Waals surface area (Å²) in [7, 11) is 1.59. The van der Waals surface area contributed by atoms with Gasteiger partial charge in [0.2, 0.25) is 11.9 Å². The summed E-state index contributed by atoms with van der Waals surface area (Å²) >= 11 is 6.18. The van der Waals surface area contributed by atoms with E-state index in [1.54, 1.807) is 37.8 Å². The Morgan fingerprint density at radius 1 is 0.964 bits per heavy atom. The van der Waals surface area contributed by atoms with Gasteiger partial charge in [-0.15, -0.1) is 0 Å². The van der Waals surface area contributed by atoms with E-state index in [2.05, 4.69) is 35.1 Å². The summed E-state index contributed by atoms with van der Waals surface area (Å²) in [5.74, 6) is 2.80. The van der Waals surface area contributed by atoms with Crippen LogP contribution in [0.25, 0.3) is 0 Å². The zero-order valence-electron chi connectivity index (χ0n) is 15.4. The Hall–Kier alpha value is -3.13. The lowest BCUT2D eigenvalue weighted by Crippen LogP contribution is -2.47. The number of rotatable bonds is 5. The van der Waals surface area contributed by atoms with Gasteiger partial charge >= 0.3 is 0 Å². The Labute approximate surface area is 168 Å². The summed E-state index contributed by atoms with van der Waals surface area (Å²) in [6.45, 7) is 3.35. The molecule has 8 nitrogen and oxygen atoms in total. The van der Waals surface area contributed by atoms with Gasteiger partial charge in [0.25, 0.3) is 0 Å². The second-order valence-electron chi connectivity index (χ2n) is 6.24. The lowest BCUT2D eigenvalue weighted by molar-refractivity contribution is 0.415. The van der Waals surface area contributed by atoms with E-state index in [0.717, 1.165) is 43.6 Å². The molecule has 3 heterocycles. The summed E-state index contributed by atoms with van der Waals surface area (Å²) in [5, 5.41) is 3.72. The number of ether oxygens (including phenoxy) is 1. The minimum absolute atomic E-state index is 0.521. The maximum absolute atomic E-state index is 6.18. The Bertz CT molecular complexity index is 933. The number of methoxy groups -OCH3 is 1. The Balaban J connectivity index is 1.42. The van der Waals surface area contributed by atoms with Crippen LogP contribution in [0.5, 0.6) is 5.75 Å². The van der Waals surface area contributed by atoms with Crippen molar-refractivity contribution in [1.82, 2.24) is 19.9 Å². The van der Waals surface area contributed by atoms with Crippen LogP contribution < -0.4 is 19.9 Å². The number of nitrogens with one attached hydrogen (secondary N) is 1. The highest BCUT2D eigenvalue weighted by atomic mass is 35.5. The van der Waals surface area contributed by atoms with Crippen LogP contribution in [0, 0.1) is 0 Å². The molecule has 3 aromatic rings. The fourth-order valence-corrected chi connectivity index (χ4v) is 3.31. The fourth-order valence-electron chi connectivity index (χ4n) is 3.05. The van der Waals surface area contributed by atoms with Crippen molar-refractivity contribution < 1.29 is 4.74 Å². The highest BCUT2D eigenvalue weighted by Gasteiger charge is 2.20. The van der Waals surface area contributed by atoms with E-state index in [0.29, 0.717) is 16.7 Å². The van der Waals surface area contributed by atoms with Crippen molar-refractivity contribution in [1.29, 1.82) is 0 Å². The highest BCUT2D eigenvalue weighted by Crippen LogP contribution is 2.28. The molecule has 0 amide bonds. The van der Waals surface area contributed by atoms with Crippen molar-refractivity contribution in [3.8, 4) is 5.75 Å². The van der Waals surface area contributed by atoms with E-state index >= 15 is 0 Å². The van der Waals surface area contributed by atoms with E-state index < -0.39 is 0 Å². The number of anilines is 4. The van der Waals surface area contributed by atoms with E-state index in [9.17, 15) is 0 Å². The molecule has 2 aromatic heterocycles. The van der Waals surface area contributed by atoms with Crippen LogP contribution in [0.3, 0.4) is 0 Å². The van der Waals surface area contributed by atoms with Gasteiger partial charge in [0.05, 0.1) is 12.1 Å². The van der Waals surface area contributed by atoms with Gasteiger partial charge in [-0.05, 0) is 30.3 Å². The molecule has 4 rings (SSSR count). The first kappa shape index (κ1) is 18.2. The molecule has 1 N–H and O–H groups in total. The van der Waals surface area contributed by atoms with Gasteiger partial charge in [0, 0.05) is 50.5 Å². The molecule has 1 aliphatic rings. The molecule has 1 aliphatic heterocycles. The number of nitrogens with zero attached hydrogens (tertiary/aromatic N) is 6. The number of hydrogen-bond acceptors (Lipinski definition) is 8. The second kappa shape index (κ2) is 8.26. The third kappa shape index (κ3) is 4.07. The first-order chi connectivity index (χ1) is 13.7. The van der Waals surface area contributed by atoms with Crippen LogP contribution in [-0.2, 0) is 0 Å². The van der Waals surface area contributed by atoms with Crippen LogP contribution in [0.4, 0.5) is 23.4 Å². The molecule has 0 bridgehead atoms. The summed E-state index contributed by atoms with van der Waals surface area (Å²) in [6.07, 6.45) is 5.29. The molecule has 0 atom stereocenters. The smallest absolute Gasteiger partial charge is 0.229 e. The lowest BCUT2D eigenvalue weighted by atomic mass is 10.3. The first-order valence-electron chi connectivity index (χ1n) is 8.93. The predicted molar refractivity (Wildman–Crippen MR) is 110 cm³/mol. The number of benzene rings is 1. The minimum atomic E-state index is 0.521. The predicted octanol–water partition coefficient (Wildman–Crippen LogP) is 3.00. The molecule has 28 heavy (non-hydrogen) atoms. The molecule has 0 unspecified atom stereocenters. The third-order valence-corrected chi connectivity index (χ3v) is 4.78. The second-order valence-corrected chi connectivity index (χ2v) is 6.64. The number of hydrogen-bond donors (Lipinski definition) is 1. The summed E-state index contributed by atoms with van der Waals surface area (Å²) in [4.78, 5) is 22.0. The van der Waals surface area contributed by atoms with E-state index in [1.165, 1.54) is 0 Å². The van der Waals surface area contributed by atoms with Crippen LogP contribution in [0.15, 0.2) is 48.9 Å². The van der Waals surface area contributed by atoms with Crippen molar-refractivity contribution in [3.05, 3.63) is 53.9 Å². The summed E-state index contributed by atoms with van der Waals surface area (Å²) in [5.41, 5.74) is 0.800. The molecule has 1 saturated heterocycles. The molecule has 1 aromatic carbocycles. The van der Waals surface area contributed by atoms with Crippen LogP contribution in [0.1, 0.15) is 0 Å². The molecule has 0 aliphatic carbocycles. The zero-order chi connectivity index (χ0) is 19.3. The molecule has 0 radical (unpaired) electrons. The third-order valence-electron chi connectivity index (χ3n) is 4.49. The monoisotopic (exact) mass is 397 g/mol. The van der Waals surface area contributed by atoms with Gasteiger partial charge in [-0.3, -0.25) is 0 Å². The maximum atomic E-state index is 6.18. The molecule has 144 valence electrons. The van der Waals surface area contributed by atoms with Crippen molar-refractivity contribution in [3.63, 3.8) is 0 Å². The molecule has 1 fully saturated rings. The minimum Gasteiger partial charge on any atom is -0.495 e. The SMILES string of the molecule is COc1ccc(Nc2nccc(N3CCN(c4ncccn4)CC3)n2)cc1Cl. The molecular weight excluding hydrogens is 378 g/mol. The van der Waals surface area contributed by atoms with Crippen molar-refractivity contribution >= 4 is 35.0 Å². The van der Waals surface area contributed by atoms with Crippen LogP contribution >= 0.6 is 11.6 Å². The van der Waals surface area contributed by atoms with Gasteiger partial charge in [-0.2, -0.15) is 4.98 Å². The van der Waals surface area contributed by atoms with Crippen molar-refractivity contribution in [2.45, 2.75) is 0 Å².